The molecule has 0 aliphatic heterocycles. The molecule has 0 saturated carbocycles. The molecule has 0 fully saturated rings. The van der Waals surface area contributed by atoms with Gasteiger partial charge in [0, 0.05) is 25.5 Å². The van der Waals surface area contributed by atoms with Crippen LogP contribution in [0, 0.1) is 6.92 Å². The van der Waals surface area contributed by atoms with E-state index in [1.807, 2.05) is 4.57 Å². The maximum Gasteiger partial charge on any atom is 0.240 e. The Morgan fingerprint density at radius 1 is 0.969 bits per heavy atom. The lowest BCUT2D eigenvalue weighted by Gasteiger charge is -2.19. The van der Waals surface area contributed by atoms with E-state index >= 15 is 0 Å². The summed E-state index contributed by atoms with van der Waals surface area (Å²) in [7, 11) is -7.72. The molecule has 0 unspecified atom stereocenters. The van der Waals surface area contributed by atoms with Crippen molar-refractivity contribution in [2.75, 3.05) is 6.54 Å². The molecule has 0 spiro atoms. The summed E-state index contributed by atoms with van der Waals surface area (Å²) in [6.07, 6.45) is 5.71. The van der Waals surface area contributed by atoms with Gasteiger partial charge in [0.2, 0.25) is 19.9 Å². The second-order valence-electron chi connectivity index (χ2n) is 8.76. The fourth-order valence-electron chi connectivity index (χ4n) is 3.27. The minimum absolute atomic E-state index is 0.0347. The maximum absolute atomic E-state index is 13.2. The smallest absolute Gasteiger partial charge is 0.240 e. The monoisotopic (exact) mass is 475 g/mol. The quantitative estimate of drug-likeness (QED) is 0.501. The van der Waals surface area contributed by atoms with E-state index in [1.54, 1.807) is 49.9 Å². The van der Waals surface area contributed by atoms with E-state index in [9.17, 15) is 16.8 Å². The van der Waals surface area contributed by atoms with Gasteiger partial charge >= 0.3 is 0 Å². The molecule has 1 N–H and O–H groups in total. The molecule has 1 aromatic heterocycles. The third kappa shape index (κ3) is 5.46. The summed E-state index contributed by atoms with van der Waals surface area (Å²) in [4.78, 5) is 4.00. The summed E-state index contributed by atoms with van der Waals surface area (Å²) in [6, 6.07) is 10.9. The first-order valence-electron chi connectivity index (χ1n) is 10.3. The normalized spacial score (nSPS) is 12.8. The number of sulfonamides is 1. The lowest BCUT2D eigenvalue weighted by Crippen LogP contribution is -2.26. The molecule has 7 nitrogen and oxygen atoms in total. The zero-order valence-corrected chi connectivity index (χ0v) is 20.4. The van der Waals surface area contributed by atoms with Crippen LogP contribution >= 0.6 is 0 Å². The van der Waals surface area contributed by atoms with Crippen molar-refractivity contribution < 1.29 is 16.8 Å². The number of nitrogens with one attached hydrogen (secondary N) is 1. The van der Waals surface area contributed by atoms with Crippen molar-refractivity contribution in [1.82, 2.24) is 14.3 Å². The highest BCUT2D eigenvalue weighted by Gasteiger charge is 2.24. The second kappa shape index (κ2) is 9.17. The Kier molecular flexibility index (Phi) is 6.92. The van der Waals surface area contributed by atoms with Crippen molar-refractivity contribution in [2.45, 2.75) is 60.8 Å². The summed E-state index contributed by atoms with van der Waals surface area (Å²) in [6.45, 7) is 8.66. The molecule has 1 heterocycles. The van der Waals surface area contributed by atoms with Gasteiger partial charge < -0.3 is 4.57 Å². The number of sulfone groups is 1. The third-order valence-corrected chi connectivity index (χ3v) is 8.60. The molecule has 0 aliphatic rings. The molecule has 9 heteroatoms. The maximum atomic E-state index is 13.2. The molecule has 3 aromatic rings. The Hall–Kier alpha value is -2.49. The standard InChI is InChI=1S/C23H29N3O4S2/c1-18-6-9-21(31(27,28)20-10-7-19(8-11-20)23(2,3)4)16-22(18)32(29,30)25-12-5-14-26-15-13-24-17-26/h6-11,13,15-17,25H,5,12,14H2,1-4H3. The largest absolute Gasteiger partial charge is 0.337 e. The van der Waals surface area contributed by atoms with Gasteiger partial charge in [0.1, 0.15) is 0 Å². The zero-order valence-electron chi connectivity index (χ0n) is 18.7. The van der Waals surface area contributed by atoms with E-state index in [-0.39, 0.29) is 26.6 Å². The first-order chi connectivity index (χ1) is 14.9. The summed E-state index contributed by atoms with van der Waals surface area (Å²) in [5.41, 5.74) is 1.40. The van der Waals surface area contributed by atoms with Gasteiger partial charge in [-0.2, -0.15) is 0 Å². The second-order valence-corrected chi connectivity index (χ2v) is 12.4. The predicted octanol–water partition coefficient (Wildman–Crippen LogP) is 3.69. The Bertz CT molecular complexity index is 1270. The minimum Gasteiger partial charge on any atom is -0.337 e. The van der Waals surface area contributed by atoms with Crippen LogP contribution in [0.1, 0.15) is 38.3 Å². The Morgan fingerprint density at radius 3 is 2.22 bits per heavy atom. The van der Waals surface area contributed by atoms with Gasteiger partial charge in [-0.25, -0.2) is 26.5 Å². The molecule has 0 amide bonds. The molecular formula is C23H29N3O4S2. The number of aryl methyl sites for hydroxylation is 2. The Balaban J connectivity index is 1.82. The number of hydrogen-bond donors (Lipinski definition) is 1. The van der Waals surface area contributed by atoms with Crippen LogP contribution in [0.4, 0.5) is 0 Å². The van der Waals surface area contributed by atoms with Crippen molar-refractivity contribution in [3.8, 4) is 0 Å². The van der Waals surface area contributed by atoms with E-state index in [0.29, 0.717) is 18.5 Å². The first-order valence-corrected chi connectivity index (χ1v) is 13.3. The Morgan fingerprint density at radius 2 is 1.62 bits per heavy atom. The van der Waals surface area contributed by atoms with Crippen LogP contribution in [0.5, 0.6) is 0 Å². The van der Waals surface area contributed by atoms with E-state index in [1.165, 1.54) is 18.2 Å². The molecule has 2 aromatic carbocycles. The zero-order chi connectivity index (χ0) is 23.6. The van der Waals surface area contributed by atoms with Gasteiger partial charge in [-0.05, 0) is 54.2 Å². The third-order valence-electron chi connectivity index (χ3n) is 5.23. The summed E-state index contributed by atoms with van der Waals surface area (Å²) in [5, 5.41) is 0. The predicted molar refractivity (Wildman–Crippen MR) is 124 cm³/mol. The lowest BCUT2D eigenvalue weighted by atomic mass is 9.87. The van der Waals surface area contributed by atoms with Crippen LogP contribution in [0.25, 0.3) is 0 Å². The van der Waals surface area contributed by atoms with Crippen molar-refractivity contribution in [1.29, 1.82) is 0 Å². The first kappa shape index (κ1) is 24.2. The minimum atomic E-state index is -3.86. The van der Waals surface area contributed by atoms with Crippen LogP contribution in [-0.4, -0.2) is 32.9 Å². The molecule has 0 atom stereocenters. The SMILES string of the molecule is Cc1ccc(S(=O)(=O)c2ccc(C(C)(C)C)cc2)cc1S(=O)(=O)NCCCn1ccnc1. The molecule has 32 heavy (non-hydrogen) atoms. The molecule has 172 valence electrons. The highest BCUT2D eigenvalue weighted by Crippen LogP contribution is 2.28. The van der Waals surface area contributed by atoms with Gasteiger partial charge in [-0.3, -0.25) is 0 Å². The summed E-state index contributed by atoms with van der Waals surface area (Å²) >= 11 is 0. The molecule has 0 radical (unpaired) electrons. The van der Waals surface area contributed by atoms with Gasteiger partial charge in [0.05, 0.1) is 21.0 Å². The number of hydrogen-bond acceptors (Lipinski definition) is 5. The number of imidazole rings is 1. The van der Waals surface area contributed by atoms with Crippen LogP contribution in [-0.2, 0) is 31.8 Å². The number of aromatic nitrogens is 2. The number of benzene rings is 2. The molecule has 0 aliphatic carbocycles. The van der Waals surface area contributed by atoms with Gasteiger partial charge in [0.15, 0.2) is 0 Å². The van der Waals surface area contributed by atoms with Crippen LogP contribution < -0.4 is 4.72 Å². The topological polar surface area (TPSA) is 98.1 Å². The average Bonchev–Trinajstić information content (AvgIpc) is 3.24. The molecule has 0 saturated heterocycles. The van der Waals surface area contributed by atoms with E-state index in [0.717, 1.165) is 5.56 Å². The van der Waals surface area contributed by atoms with Crippen molar-refractivity contribution in [3.63, 3.8) is 0 Å². The fraction of sp³-hybridized carbons (Fsp3) is 0.348. The van der Waals surface area contributed by atoms with Gasteiger partial charge in [-0.1, -0.05) is 39.0 Å². The molecule has 3 rings (SSSR count). The van der Waals surface area contributed by atoms with Gasteiger partial charge in [-0.15, -0.1) is 0 Å². The van der Waals surface area contributed by atoms with Gasteiger partial charge in [0.25, 0.3) is 0 Å². The lowest BCUT2D eigenvalue weighted by molar-refractivity contribution is 0.569. The highest BCUT2D eigenvalue weighted by atomic mass is 32.2. The van der Waals surface area contributed by atoms with Crippen molar-refractivity contribution in [3.05, 3.63) is 72.3 Å². The van der Waals surface area contributed by atoms with Crippen LogP contribution in [0.3, 0.4) is 0 Å². The molecule has 0 bridgehead atoms. The van der Waals surface area contributed by atoms with E-state index < -0.39 is 19.9 Å². The summed E-state index contributed by atoms with van der Waals surface area (Å²) < 4.78 is 56.4. The number of rotatable bonds is 8. The fourth-order valence-corrected chi connectivity index (χ4v) is 5.98. The van der Waals surface area contributed by atoms with E-state index in [4.69, 9.17) is 0 Å². The van der Waals surface area contributed by atoms with E-state index in [2.05, 4.69) is 30.5 Å². The van der Waals surface area contributed by atoms with Crippen molar-refractivity contribution >= 4 is 19.9 Å². The average molecular weight is 476 g/mol. The Labute approximate surface area is 190 Å². The van der Waals surface area contributed by atoms with Crippen molar-refractivity contribution in [2.24, 2.45) is 0 Å². The highest BCUT2D eigenvalue weighted by molar-refractivity contribution is 7.91. The van der Waals surface area contributed by atoms with Crippen LogP contribution in [0.2, 0.25) is 0 Å². The van der Waals surface area contributed by atoms with Crippen LogP contribution in [0.15, 0.2) is 75.9 Å². The number of nitrogens with zero attached hydrogens (tertiary/aromatic N) is 2. The molecular weight excluding hydrogens is 446 g/mol. The summed E-state index contributed by atoms with van der Waals surface area (Å²) in [5.74, 6) is 0.